The Morgan fingerprint density at radius 1 is 1.06 bits per heavy atom. The first-order valence-corrected chi connectivity index (χ1v) is 11.5. The number of amides is 3. The summed E-state index contributed by atoms with van der Waals surface area (Å²) in [7, 11) is 0. The molecule has 0 saturated carbocycles. The molecule has 1 aromatic carbocycles. The molecule has 2 N–H and O–H groups in total. The second kappa shape index (κ2) is 9.39. The minimum atomic E-state index is -0.414. The van der Waals surface area contributed by atoms with E-state index < -0.39 is 11.8 Å². The summed E-state index contributed by atoms with van der Waals surface area (Å²) in [4.78, 5) is 42.8. The first kappa shape index (κ1) is 21.8. The van der Waals surface area contributed by atoms with Gasteiger partial charge in [0.15, 0.2) is 0 Å². The van der Waals surface area contributed by atoms with Gasteiger partial charge in [0, 0.05) is 45.7 Å². The first-order valence-electron chi connectivity index (χ1n) is 11.5. The lowest BCUT2D eigenvalue weighted by Crippen LogP contribution is -2.39. The molecular formula is C24H34N4O3. The van der Waals surface area contributed by atoms with Gasteiger partial charge in [0.25, 0.3) is 0 Å². The van der Waals surface area contributed by atoms with Crippen LogP contribution >= 0.6 is 0 Å². The summed E-state index contributed by atoms with van der Waals surface area (Å²) >= 11 is 0. The Kier molecular flexibility index (Phi) is 6.60. The van der Waals surface area contributed by atoms with E-state index in [4.69, 9.17) is 5.73 Å². The van der Waals surface area contributed by atoms with E-state index in [0.29, 0.717) is 24.9 Å². The van der Waals surface area contributed by atoms with Crippen LogP contribution in [0, 0.1) is 23.7 Å². The largest absolute Gasteiger partial charge is 0.369 e. The predicted octanol–water partition coefficient (Wildman–Crippen LogP) is 0.979. The number of hydrogen-bond acceptors (Lipinski definition) is 4. The maximum Gasteiger partial charge on any atom is 0.228 e. The van der Waals surface area contributed by atoms with Crippen LogP contribution in [0.25, 0.3) is 0 Å². The van der Waals surface area contributed by atoms with Crippen molar-refractivity contribution < 1.29 is 14.4 Å². The summed E-state index contributed by atoms with van der Waals surface area (Å²) in [5.74, 6) is 0.0593. The molecule has 0 radical (unpaired) electrons. The van der Waals surface area contributed by atoms with Crippen LogP contribution in [0.1, 0.15) is 25.3 Å². The third-order valence-corrected chi connectivity index (χ3v) is 7.20. The topological polar surface area (TPSA) is 87.0 Å². The van der Waals surface area contributed by atoms with Crippen LogP contribution in [0.3, 0.4) is 0 Å². The highest BCUT2D eigenvalue weighted by atomic mass is 16.2. The van der Waals surface area contributed by atoms with E-state index in [-0.39, 0.29) is 24.2 Å². The Hall–Kier alpha value is -2.41. The highest BCUT2D eigenvalue weighted by Crippen LogP contribution is 2.33. The molecule has 168 valence electrons. The number of fused-ring (bicyclic) bond motifs is 1. The van der Waals surface area contributed by atoms with E-state index in [2.05, 4.69) is 35.2 Å². The van der Waals surface area contributed by atoms with Gasteiger partial charge >= 0.3 is 0 Å². The van der Waals surface area contributed by atoms with Gasteiger partial charge in [-0.2, -0.15) is 0 Å². The van der Waals surface area contributed by atoms with E-state index >= 15 is 0 Å². The number of primary amides is 1. The zero-order valence-electron chi connectivity index (χ0n) is 18.4. The van der Waals surface area contributed by atoms with Gasteiger partial charge in [-0.25, -0.2) is 0 Å². The summed E-state index contributed by atoms with van der Waals surface area (Å²) in [6, 6.07) is 10.6. The molecule has 3 heterocycles. The van der Waals surface area contributed by atoms with Crippen LogP contribution in [-0.4, -0.2) is 78.2 Å². The molecule has 3 aliphatic heterocycles. The smallest absolute Gasteiger partial charge is 0.228 e. The van der Waals surface area contributed by atoms with Crippen LogP contribution < -0.4 is 5.73 Å². The average Bonchev–Trinajstić information content (AvgIpc) is 3.42. The lowest BCUT2D eigenvalue weighted by Gasteiger charge is -2.24. The molecule has 7 heteroatoms. The molecule has 3 aliphatic rings. The van der Waals surface area contributed by atoms with E-state index in [1.54, 1.807) is 11.8 Å². The summed E-state index contributed by atoms with van der Waals surface area (Å²) in [6.07, 6.45) is 2.52. The molecule has 4 atom stereocenters. The molecule has 3 amide bonds. The number of carbonyl (C=O) groups is 3. The summed E-state index contributed by atoms with van der Waals surface area (Å²) in [5.41, 5.74) is 6.71. The van der Waals surface area contributed by atoms with Crippen molar-refractivity contribution in [3.63, 3.8) is 0 Å². The standard InChI is InChI=1S/C24H34N4O3/c1-17(23(25)30)11-27-14-19(10-22(27)29)24(31)28-15-20-12-26(13-21(20)16-28)9-5-8-18-6-3-2-4-7-18/h2-4,6-7,17,19-21H,5,8-16H2,1H3,(H2,25,30)/t17?,19-,20?,21?/m0/s1. The first-order chi connectivity index (χ1) is 14.9. The molecule has 0 spiro atoms. The maximum atomic E-state index is 13.0. The SMILES string of the molecule is CC(CN1C[C@@H](C(=O)N2CC3CN(CCCc4ccccc4)CC3C2)CC1=O)C(N)=O. The second-order valence-corrected chi connectivity index (χ2v) is 9.62. The van der Waals surface area contributed by atoms with Gasteiger partial charge in [0.2, 0.25) is 17.7 Å². The Morgan fingerprint density at radius 3 is 2.39 bits per heavy atom. The summed E-state index contributed by atoms with van der Waals surface area (Å²) in [6.45, 7) is 7.29. The van der Waals surface area contributed by atoms with Crippen LogP contribution in [0.4, 0.5) is 0 Å². The van der Waals surface area contributed by atoms with E-state index in [1.807, 2.05) is 4.90 Å². The van der Waals surface area contributed by atoms with Gasteiger partial charge in [-0.3, -0.25) is 14.4 Å². The third kappa shape index (κ3) is 5.09. The number of likely N-dealkylation sites (tertiary alicyclic amines) is 3. The molecule has 7 nitrogen and oxygen atoms in total. The number of rotatable bonds is 8. The number of carbonyl (C=O) groups excluding carboxylic acids is 3. The van der Waals surface area contributed by atoms with Crippen molar-refractivity contribution in [1.29, 1.82) is 0 Å². The van der Waals surface area contributed by atoms with Gasteiger partial charge in [0.05, 0.1) is 11.8 Å². The average molecular weight is 427 g/mol. The monoisotopic (exact) mass is 426 g/mol. The number of nitrogens with two attached hydrogens (primary N) is 1. The number of aryl methyl sites for hydroxylation is 1. The lowest BCUT2D eigenvalue weighted by molar-refractivity contribution is -0.135. The van der Waals surface area contributed by atoms with Gasteiger partial charge in [0.1, 0.15) is 0 Å². The van der Waals surface area contributed by atoms with Crippen LogP contribution in [0.5, 0.6) is 0 Å². The van der Waals surface area contributed by atoms with E-state index in [1.165, 1.54) is 5.56 Å². The molecular weight excluding hydrogens is 392 g/mol. The zero-order valence-corrected chi connectivity index (χ0v) is 18.4. The fraction of sp³-hybridized carbons (Fsp3) is 0.625. The molecule has 3 unspecified atom stereocenters. The highest BCUT2D eigenvalue weighted by molar-refractivity contribution is 5.89. The summed E-state index contributed by atoms with van der Waals surface area (Å²) < 4.78 is 0. The van der Waals surface area contributed by atoms with Gasteiger partial charge in [-0.05, 0) is 36.8 Å². The van der Waals surface area contributed by atoms with Crippen LogP contribution in [-0.2, 0) is 20.8 Å². The Labute approximate surface area is 184 Å². The van der Waals surface area contributed by atoms with Crippen molar-refractivity contribution in [3.8, 4) is 0 Å². The maximum absolute atomic E-state index is 13.0. The van der Waals surface area contributed by atoms with E-state index in [9.17, 15) is 14.4 Å². The number of nitrogens with zero attached hydrogens (tertiary/aromatic N) is 3. The molecule has 4 rings (SSSR count). The van der Waals surface area contributed by atoms with Crippen LogP contribution in [0.15, 0.2) is 30.3 Å². The molecule has 0 bridgehead atoms. The summed E-state index contributed by atoms with van der Waals surface area (Å²) in [5, 5.41) is 0. The molecule has 0 aromatic heterocycles. The fourth-order valence-electron chi connectivity index (χ4n) is 5.40. The minimum Gasteiger partial charge on any atom is -0.369 e. The Morgan fingerprint density at radius 2 is 1.74 bits per heavy atom. The molecule has 31 heavy (non-hydrogen) atoms. The van der Waals surface area contributed by atoms with Gasteiger partial charge in [-0.1, -0.05) is 37.3 Å². The normalized spacial score (nSPS) is 27.0. The second-order valence-electron chi connectivity index (χ2n) is 9.62. The van der Waals surface area contributed by atoms with Crippen molar-refractivity contribution >= 4 is 17.7 Å². The van der Waals surface area contributed by atoms with Crippen molar-refractivity contribution in [2.75, 3.05) is 45.8 Å². The van der Waals surface area contributed by atoms with Crippen molar-refractivity contribution in [2.45, 2.75) is 26.2 Å². The predicted molar refractivity (Wildman–Crippen MR) is 118 cm³/mol. The quantitative estimate of drug-likeness (QED) is 0.671. The van der Waals surface area contributed by atoms with Gasteiger partial charge in [-0.15, -0.1) is 0 Å². The molecule has 0 aliphatic carbocycles. The molecule has 3 fully saturated rings. The zero-order chi connectivity index (χ0) is 22.0. The van der Waals surface area contributed by atoms with Gasteiger partial charge < -0.3 is 20.4 Å². The third-order valence-electron chi connectivity index (χ3n) is 7.20. The fourth-order valence-corrected chi connectivity index (χ4v) is 5.40. The number of hydrogen-bond donors (Lipinski definition) is 1. The Bertz CT molecular complexity index is 800. The lowest BCUT2D eigenvalue weighted by atomic mass is 10.0. The van der Waals surface area contributed by atoms with Crippen molar-refractivity contribution in [1.82, 2.24) is 14.7 Å². The van der Waals surface area contributed by atoms with E-state index in [0.717, 1.165) is 45.6 Å². The minimum absolute atomic E-state index is 0.0459. The van der Waals surface area contributed by atoms with Crippen LogP contribution in [0.2, 0.25) is 0 Å². The highest BCUT2D eigenvalue weighted by Gasteiger charge is 2.44. The Balaban J connectivity index is 1.21. The molecule has 3 saturated heterocycles. The molecule has 1 aromatic rings. The van der Waals surface area contributed by atoms with Crippen molar-refractivity contribution in [3.05, 3.63) is 35.9 Å². The number of benzene rings is 1. The van der Waals surface area contributed by atoms with Crippen molar-refractivity contribution in [2.24, 2.45) is 29.4 Å².